The second kappa shape index (κ2) is 6.85. The summed E-state index contributed by atoms with van der Waals surface area (Å²) in [4.78, 5) is 21.9. The first-order valence-corrected chi connectivity index (χ1v) is 6.25. The lowest BCUT2D eigenvalue weighted by Crippen LogP contribution is -2.06. The molecule has 0 fully saturated rings. The monoisotopic (exact) mass is 326 g/mol. The largest absolute Gasteiger partial charge is 0.486 e. The second-order valence-electron chi connectivity index (χ2n) is 3.73. The molecule has 0 bridgehead atoms. The minimum atomic E-state index is -0.600. The number of nitriles is 1. The van der Waals surface area contributed by atoms with Crippen LogP contribution in [-0.2, 0) is 0 Å². The SMILES string of the molecule is CC(=O)c1cc(Br)cc([N+](=O)[O-])c1OCCCC#N. The fraction of sp³-hybridized carbons (Fsp3) is 0.333. The Morgan fingerprint density at radius 1 is 1.58 bits per heavy atom. The average molecular weight is 327 g/mol. The molecule has 0 aliphatic carbocycles. The number of nitro benzene ring substituents is 1. The van der Waals surface area contributed by atoms with E-state index in [1.54, 1.807) is 0 Å². The highest BCUT2D eigenvalue weighted by Crippen LogP contribution is 2.35. The summed E-state index contributed by atoms with van der Waals surface area (Å²) in [7, 11) is 0. The van der Waals surface area contributed by atoms with Gasteiger partial charge in [-0.1, -0.05) is 15.9 Å². The van der Waals surface area contributed by atoms with Gasteiger partial charge < -0.3 is 4.74 Å². The van der Waals surface area contributed by atoms with Gasteiger partial charge in [0.05, 0.1) is 23.2 Å². The number of nitrogens with zero attached hydrogens (tertiary/aromatic N) is 2. The normalized spacial score (nSPS) is 9.74. The van der Waals surface area contributed by atoms with Crippen molar-refractivity contribution in [1.82, 2.24) is 0 Å². The quantitative estimate of drug-likeness (QED) is 0.346. The van der Waals surface area contributed by atoms with Crippen molar-refractivity contribution in [3.8, 4) is 11.8 Å². The van der Waals surface area contributed by atoms with Gasteiger partial charge in [-0.3, -0.25) is 14.9 Å². The summed E-state index contributed by atoms with van der Waals surface area (Å²) >= 11 is 3.12. The van der Waals surface area contributed by atoms with Gasteiger partial charge in [0.1, 0.15) is 0 Å². The van der Waals surface area contributed by atoms with Gasteiger partial charge >= 0.3 is 5.69 Å². The molecule has 100 valence electrons. The number of carbonyl (C=O) groups is 1. The van der Waals surface area contributed by atoms with Crippen molar-refractivity contribution in [3.63, 3.8) is 0 Å². The number of ketones is 1. The smallest absolute Gasteiger partial charge is 0.312 e. The highest BCUT2D eigenvalue weighted by Gasteiger charge is 2.23. The molecular weight excluding hydrogens is 316 g/mol. The molecule has 0 spiro atoms. The van der Waals surface area contributed by atoms with E-state index in [1.807, 2.05) is 6.07 Å². The fourth-order valence-electron chi connectivity index (χ4n) is 1.45. The third-order valence-corrected chi connectivity index (χ3v) is 2.75. The zero-order chi connectivity index (χ0) is 14.4. The first-order valence-electron chi connectivity index (χ1n) is 5.46. The van der Waals surface area contributed by atoms with Crippen molar-refractivity contribution >= 4 is 27.4 Å². The molecule has 1 aromatic carbocycles. The number of benzene rings is 1. The predicted octanol–water partition coefficient (Wildman–Crippen LogP) is 3.24. The highest BCUT2D eigenvalue weighted by atomic mass is 79.9. The third kappa shape index (κ3) is 4.03. The number of hydrogen-bond acceptors (Lipinski definition) is 5. The molecule has 1 aromatic rings. The van der Waals surface area contributed by atoms with E-state index in [-0.39, 0.29) is 29.4 Å². The summed E-state index contributed by atoms with van der Waals surface area (Å²) in [5.74, 6) is -0.363. The molecule has 0 unspecified atom stereocenters. The third-order valence-electron chi connectivity index (χ3n) is 2.29. The van der Waals surface area contributed by atoms with Crippen LogP contribution in [0.5, 0.6) is 5.75 Å². The van der Waals surface area contributed by atoms with Crippen LogP contribution in [0.25, 0.3) is 0 Å². The van der Waals surface area contributed by atoms with E-state index < -0.39 is 4.92 Å². The fourth-order valence-corrected chi connectivity index (χ4v) is 1.90. The van der Waals surface area contributed by atoms with E-state index in [0.29, 0.717) is 17.3 Å². The molecule has 0 atom stereocenters. The average Bonchev–Trinajstić information content (AvgIpc) is 2.34. The van der Waals surface area contributed by atoms with Gasteiger partial charge in [0.2, 0.25) is 5.75 Å². The molecule has 0 amide bonds. The standard InChI is InChI=1S/C12H11BrN2O4/c1-8(16)10-6-9(13)7-11(15(17)18)12(10)19-5-3-2-4-14/h6-7H,2-3,5H2,1H3. The molecule has 0 saturated carbocycles. The highest BCUT2D eigenvalue weighted by molar-refractivity contribution is 9.10. The van der Waals surface area contributed by atoms with Crippen LogP contribution in [-0.4, -0.2) is 17.3 Å². The minimum absolute atomic E-state index is 0.0429. The summed E-state index contributed by atoms with van der Waals surface area (Å²) in [6.07, 6.45) is 0.737. The van der Waals surface area contributed by atoms with Crippen molar-refractivity contribution in [2.24, 2.45) is 0 Å². The molecule has 7 heteroatoms. The van der Waals surface area contributed by atoms with Crippen molar-refractivity contribution in [3.05, 3.63) is 32.3 Å². The lowest BCUT2D eigenvalue weighted by Gasteiger charge is -2.10. The topological polar surface area (TPSA) is 93.2 Å². The molecule has 0 saturated heterocycles. The van der Waals surface area contributed by atoms with Crippen molar-refractivity contribution in [2.45, 2.75) is 19.8 Å². The summed E-state index contributed by atoms with van der Waals surface area (Å²) < 4.78 is 5.75. The summed E-state index contributed by atoms with van der Waals surface area (Å²) in [6.45, 7) is 1.46. The van der Waals surface area contributed by atoms with Crippen LogP contribution in [0.15, 0.2) is 16.6 Å². The maximum Gasteiger partial charge on any atom is 0.312 e. The zero-order valence-electron chi connectivity index (χ0n) is 10.2. The number of nitro groups is 1. The number of unbranched alkanes of at least 4 members (excludes halogenated alkanes) is 1. The van der Waals surface area contributed by atoms with Crippen LogP contribution >= 0.6 is 15.9 Å². The van der Waals surface area contributed by atoms with E-state index in [9.17, 15) is 14.9 Å². The van der Waals surface area contributed by atoms with Gasteiger partial charge in [0, 0.05) is 17.0 Å². The number of Topliss-reactive ketones (excluding diaryl/α,β-unsaturated/α-hetero) is 1. The van der Waals surface area contributed by atoms with Crippen molar-refractivity contribution in [2.75, 3.05) is 6.61 Å². The van der Waals surface area contributed by atoms with E-state index >= 15 is 0 Å². The van der Waals surface area contributed by atoms with E-state index in [2.05, 4.69) is 15.9 Å². The Morgan fingerprint density at radius 3 is 2.79 bits per heavy atom. The zero-order valence-corrected chi connectivity index (χ0v) is 11.8. The van der Waals surface area contributed by atoms with Crippen LogP contribution in [0, 0.1) is 21.4 Å². The molecule has 6 nitrogen and oxygen atoms in total. The molecule has 0 heterocycles. The Hall–Kier alpha value is -1.94. The first-order chi connectivity index (χ1) is 8.97. The molecule has 0 aliphatic heterocycles. The lowest BCUT2D eigenvalue weighted by molar-refractivity contribution is -0.386. The van der Waals surface area contributed by atoms with Crippen molar-refractivity contribution in [1.29, 1.82) is 5.26 Å². The number of ether oxygens (including phenoxy) is 1. The van der Waals surface area contributed by atoms with Crippen LogP contribution < -0.4 is 4.74 Å². The van der Waals surface area contributed by atoms with Gasteiger partial charge in [-0.2, -0.15) is 5.26 Å². The number of carbonyl (C=O) groups excluding carboxylic acids is 1. The molecule has 1 rings (SSSR count). The molecule has 0 aliphatic rings. The van der Waals surface area contributed by atoms with E-state index in [1.165, 1.54) is 19.1 Å². The Bertz CT molecular complexity index is 516. The van der Waals surface area contributed by atoms with Crippen LogP contribution in [0.2, 0.25) is 0 Å². The van der Waals surface area contributed by atoms with Crippen LogP contribution in [0.4, 0.5) is 5.69 Å². The summed E-state index contributed by atoms with van der Waals surface area (Å²) in [5.41, 5.74) is -0.116. The number of halogens is 1. The Labute approximate surface area is 118 Å². The van der Waals surface area contributed by atoms with Gasteiger partial charge in [-0.15, -0.1) is 0 Å². The van der Waals surface area contributed by atoms with Gasteiger partial charge in [0.15, 0.2) is 5.78 Å². The van der Waals surface area contributed by atoms with E-state index in [0.717, 1.165) is 0 Å². The predicted molar refractivity (Wildman–Crippen MR) is 71.1 cm³/mol. The maximum atomic E-state index is 11.5. The minimum Gasteiger partial charge on any atom is -0.486 e. The molecule has 0 aromatic heterocycles. The Morgan fingerprint density at radius 2 is 2.26 bits per heavy atom. The number of rotatable bonds is 6. The molecule has 0 N–H and O–H groups in total. The van der Waals surface area contributed by atoms with Gasteiger partial charge in [-0.25, -0.2) is 0 Å². The Kier molecular flexibility index (Phi) is 5.45. The number of hydrogen-bond donors (Lipinski definition) is 0. The summed E-state index contributed by atoms with van der Waals surface area (Å²) in [5, 5.41) is 19.4. The molecule has 19 heavy (non-hydrogen) atoms. The maximum absolute atomic E-state index is 11.5. The lowest BCUT2D eigenvalue weighted by atomic mass is 10.1. The van der Waals surface area contributed by atoms with Crippen LogP contribution in [0.3, 0.4) is 0 Å². The first kappa shape index (κ1) is 15.1. The van der Waals surface area contributed by atoms with E-state index in [4.69, 9.17) is 10.00 Å². The Balaban J connectivity index is 3.13. The van der Waals surface area contributed by atoms with Crippen molar-refractivity contribution < 1.29 is 14.5 Å². The molecular formula is C12H11BrN2O4. The van der Waals surface area contributed by atoms with Gasteiger partial charge in [0.25, 0.3) is 0 Å². The summed E-state index contributed by atoms with van der Waals surface area (Å²) in [6, 6.07) is 4.71. The van der Waals surface area contributed by atoms with Crippen LogP contribution in [0.1, 0.15) is 30.1 Å². The second-order valence-corrected chi connectivity index (χ2v) is 4.64. The van der Waals surface area contributed by atoms with Gasteiger partial charge in [-0.05, 0) is 19.4 Å². The molecule has 0 radical (unpaired) electrons.